The molecule has 15 heavy (non-hydrogen) atoms. The van der Waals surface area contributed by atoms with Crippen LogP contribution in [0.25, 0.3) is 11.3 Å². The molecule has 0 unspecified atom stereocenters. The lowest BCUT2D eigenvalue weighted by Crippen LogP contribution is -1.90. The fourth-order valence-corrected chi connectivity index (χ4v) is 1.55. The van der Waals surface area contributed by atoms with Crippen molar-refractivity contribution in [2.45, 2.75) is 13.3 Å². The van der Waals surface area contributed by atoms with Gasteiger partial charge in [-0.05, 0) is 18.6 Å². The smallest absolute Gasteiger partial charge is 0.225 e. The van der Waals surface area contributed by atoms with Gasteiger partial charge < -0.3 is 15.4 Å². The third-order valence-electron chi connectivity index (χ3n) is 2.33. The first kappa shape index (κ1) is 9.58. The number of rotatable bonds is 2. The third kappa shape index (κ3) is 1.54. The first-order chi connectivity index (χ1) is 7.24. The van der Waals surface area contributed by atoms with Crippen LogP contribution >= 0.6 is 0 Å². The molecule has 0 atom stereocenters. The molecule has 1 aromatic carbocycles. The van der Waals surface area contributed by atoms with Gasteiger partial charge in [0.15, 0.2) is 0 Å². The summed E-state index contributed by atoms with van der Waals surface area (Å²) in [5.41, 5.74) is 7.73. The maximum atomic E-state index is 9.67. The molecule has 1 heterocycles. The zero-order valence-corrected chi connectivity index (χ0v) is 8.40. The van der Waals surface area contributed by atoms with Gasteiger partial charge in [0.25, 0.3) is 0 Å². The third-order valence-corrected chi connectivity index (χ3v) is 2.33. The van der Waals surface area contributed by atoms with E-state index in [2.05, 4.69) is 5.16 Å². The normalized spacial score (nSPS) is 10.5. The molecule has 0 spiro atoms. The van der Waals surface area contributed by atoms with Crippen molar-refractivity contribution in [2.75, 3.05) is 5.73 Å². The molecular formula is C11H12N2O2. The van der Waals surface area contributed by atoms with E-state index >= 15 is 0 Å². The number of hydrogen-bond donors (Lipinski definition) is 2. The molecule has 0 bridgehead atoms. The van der Waals surface area contributed by atoms with Gasteiger partial charge in [-0.2, -0.15) is 0 Å². The maximum Gasteiger partial charge on any atom is 0.225 e. The van der Waals surface area contributed by atoms with Gasteiger partial charge in [-0.15, -0.1) is 0 Å². The average Bonchev–Trinajstić information content (AvgIpc) is 2.60. The molecule has 2 rings (SSSR count). The van der Waals surface area contributed by atoms with E-state index in [9.17, 15) is 5.11 Å². The summed E-state index contributed by atoms with van der Waals surface area (Å²) in [5, 5.41) is 13.5. The van der Waals surface area contributed by atoms with Crippen LogP contribution in [0.2, 0.25) is 0 Å². The van der Waals surface area contributed by atoms with Crippen LogP contribution in [-0.4, -0.2) is 10.3 Å². The minimum Gasteiger partial charge on any atom is -0.507 e. The van der Waals surface area contributed by atoms with Crippen LogP contribution < -0.4 is 5.73 Å². The van der Waals surface area contributed by atoms with Crippen molar-refractivity contribution in [3.05, 3.63) is 29.8 Å². The van der Waals surface area contributed by atoms with Crippen molar-refractivity contribution in [1.82, 2.24) is 5.16 Å². The Hall–Kier alpha value is -1.97. The fraction of sp³-hybridized carbons (Fsp3) is 0.182. The van der Waals surface area contributed by atoms with E-state index in [0.29, 0.717) is 17.1 Å². The number of hydrogen-bond acceptors (Lipinski definition) is 4. The molecule has 2 aromatic rings. The first-order valence-electron chi connectivity index (χ1n) is 4.76. The fourth-order valence-electron chi connectivity index (χ4n) is 1.55. The summed E-state index contributed by atoms with van der Waals surface area (Å²) in [5.74, 6) is 0.497. The molecule has 0 aliphatic carbocycles. The van der Waals surface area contributed by atoms with E-state index in [-0.39, 0.29) is 5.75 Å². The lowest BCUT2D eigenvalue weighted by Gasteiger charge is -2.01. The van der Waals surface area contributed by atoms with Gasteiger partial charge in [-0.3, -0.25) is 0 Å². The Morgan fingerprint density at radius 1 is 1.40 bits per heavy atom. The van der Waals surface area contributed by atoms with Gasteiger partial charge in [-0.25, -0.2) is 0 Å². The van der Waals surface area contributed by atoms with Gasteiger partial charge in [0, 0.05) is 11.1 Å². The molecular weight excluding hydrogens is 192 g/mol. The number of aromatic hydroxyl groups is 1. The van der Waals surface area contributed by atoms with Gasteiger partial charge in [0.05, 0.1) is 0 Å². The van der Waals surface area contributed by atoms with E-state index in [0.717, 1.165) is 12.0 Å². The molecule has 0 radical (unpaired) electrons. The van der Waals surface area contributed by atoms with Crippen molar-refractivity contribution in [3.63, 3.8) is 0 Å². The lowest BCUT2D eigenvalue weighted by atomic mass is 10.1. The number of anilines is 1. The van der Waals surface area contributed by atoms with E-state index in [1.807, 2.05) is 13.0 Å². The van der Waals surface area contributed by atoms with Crippen LogP contribution in [0.4, 0.5) is 5.88 Å². The molecule has 78 valence electrons. The molecule has 0 fully saturated rings. The number of phenolic OH excluding ortho intramolecular Hbond substituents is 1. The van der Waals surface area contributed by atoms with Gasteiger partial charge in [-0.1, -0.05) is 24.2 Å². The van der Waals surface area contributed by atoms with Gasteiger partial charge in [0.2, 0.25) is 5.88 Å². The Bertz CT molecular complexity index is 477. The highest BCUT2D eigenvalue weighted by Gasteiger charge is 2.15. The summed E-state index contributed by atoms with van der Waals surface area (Å²) in [6.07, 6.45) is 0.721. The molecule has 0 aliphatic rings. The molecule has 4 heteroatoms. The van der Waals surface area contributed by atoms with Crippen LogP contribution in [0.3, 0.4) is 0 Å². The van der Waals surface area contributed by atoms with Crippen molar-refractivity contribution in [1.29, 1.82) is 0 Å². The second-order valence-corrected chi connectivity index (χ2v) is 3.24. The quantitative estimate of drug-likeness (QED) is 0.786. The van der Waals surface area contributed by atoms with Crippen molar-refractivity contribution < 1.29 is 9.63 Å². The Kier molecular flexibility index (Phi) is 2.33. The van der Waals surface area contributed by atoms with Gasteiger partial charge >= 0.3 is 0 Å². The van der Waals surface area contributed by atoms with Crippen LogP contribution in [0.1, 0.15) is 12.5 Å². The van der Waals surface area contributed by atoms with E-state index in [1.165, 1.54) is 0 Å². The highest BCUT2D eigenvalue weighted by atomic mass is 16.5. The molecule has 0 saturated heterocycles. The standard InChI is InChI=1S/C11H12N2O2/c1-2-7-10(13-15-11(7)12)8-5-3-4-6-9(8)14/h3-6,14H,2,12H2,1H3. The summed E-state index contributed by atoms with van der Waals surface area (Å²) in [4.78, 5) is 0. The van der Waals surface area contributed by atoms with Crippen LogP contribution in [0, 0.1) is 0 Å². The monoisotopic (exact) mass is 204 g/mol. The Labute approximate surface area is 87.3 Å². The molecule has 3 N–H and O–H groups in total. The first-order valence-corrected chi connectivity index (χ1v) is 4.76. The second kappa shape index (κ2) is 3.65. The zero-order valence-electron chi connectivity index (χ0n) is 8.40. The number of benzene rings is 1. The predicted octanol–water partition coefficient (Wildman–Crippen LogP) is 2.19. The summed E-state index contributed by atoms with van der Waals surface area (Å²) >= 11 is 0. The largest absolute Gasteiger partial charge is 0.507 e. The number of para-hydroxylation sites is 1. The van der Waals surface area contributed by atoms with Gasteiger partial charge in [0.1, 0.15) is 11.4 Å². The molecule has 0 saturated carbocycles. The average molecular weight is 204 g/mol. The number of aromatic nitrogens is 1. The van der Waals surface area contributed by atoms with E-state index in [1.54, 1.807) is 18.2 Å². The number of phenols is 1. The van der Waals surface area contributed by atoms with Crippen molar-refractivity contribution >= 4 is 5.88 Å². The highest BCUT2D eigenvalue weighted by Crippen LogP contribution is 2.32. The SMILES string of the molecule is CCc1c(-c2ccccc2O)noc1N. The minimum atomic E-state index is 0.181. The molecule has 0 aliphatic heterocycles. The molecule has 1 aromatic heterocycles. The highest BCUT2D eigenvalue weighted by molar-refractivity contribution is 5.72. The van der Waals surface area contributed by atoms with E-state index in [4.69, 9.17) is 10.3 Å². The number of nitrogen functional groups attached to an aromatic ring is 1. The topological polar surface area (TPSA) is 72.3 Å². The van der Waals surface area contributed by atoms with E-state index < -0.39 is 0 Å². The summed E-state index contributed by atoms with van der Waals surface area (Å²) in [7, 11) is 0. The number of nitrogens with two attached hydrogens (primary N) is 1. The summed E-state index contributed by atoms with van der Waals surface area (Å²) < 4.78 is 4.91. The summed E-state index contributed by atoms with van der Waals surface area (Å²) in [6.45, 7) is 1.96. The Balaban J connectivity index is 2.59. The van der Waals surface area contributed by atoms with Crippen molar-refractivity contribution in [2.24, 2.45) is 0 Å². The molecule has 4 nitrogen and oxygen atoms in total. The predicted molar refractivity (Wildman–Crippen MR) is 57.4 cm³/mol. The lowest BCUT2D eigenvalue weighted by molar-refractivity contribution is 0.437. The second-order valence-electron chi connectivity index (χ2n) is 3.24. The number of nitrogens with zero attached hydrogens (tertiary/aromatic N) is 1. The maximum absolute atomic E-state index is 9.67. The van der Waals surface area contributed by atoms with Crippen LogP contribution in [0.15, 0.2) is 28.8 Å². The minimum absolute atomic E-state index is 0.181. The summed E-state index contributed by atoms with van der Waals surface area (Å²) in [6, 6.07) is 6.98. The molecule has 0 amide bonds. The zero-order chi connectivity index (χ0) is 10.8. The Morgan fingerprint density at radius 2 is 2.13 bits per heavy atom. The Morgan fingerprint density at radius 3 is 2.80 bits per heavy atom. The van der Waals surface area contributed by atoms with Crippen LogP contribution in [0.5, 0.6) is 5.75 Å². The van der Waals surface area contributed by atoms with Crippen molar-refractivity contribution in [3.8, 4) is 17.0 Å². The van der Waals surface area contributed by atoms with Crippen LogP contribution in [-0.2, 0) is 6.42 Å².